The SMILES string of the molecule is CCCC1CN=C(NCCc2cc(F)cc(F)c2)S1. The topological polar surface area (TPSA) is 24.4 Å². The summed E-state index contributed by atoms with van der Waals surface area (Å²) in [6.07, 6.45) is 2.93. The molecule has 1 unspecified atom stereocenters. The van der Waals surface area contributed by atoms with Crippen molar-refractivity contribution in [2.24, 2.45) is 4.99 Å². The molecule has 5 heteroatoms. The molecule has 0 fully saturated rings. The Balaban J connectivity index is 1.75. The summed E-state index contributed by atoms with van der Waals surface area (Å²) >= 11 is 1.77. The number of rotatable bonds is 5. The second-order valence-electron chi connectivity index (χ2n) is 4.63. The van der Waals surface area contributed by atoms with Gasteiger partial charge in [-0.1, -0.05) is 25.1 Å². The quantitative estimate of drug-likeness (QED) is 0.896. The first-order chi connectivity index (χ1) is 9.17. The lowest BCUT2D eigenvalue weighted by molar-refractivity contribution is 0.579. The van der Waals surface area contributed by atoms with E-state index in [2.05, 4.69) is 17.2 Å². The number of halogens is 2. The largest absolute Gasteiger partial charge is 0.365 e. The highest BCUT2D eigenvalue weighted by molar-refractivity contribution is 8.14. The van der Waals surface area contributed by atoms with E-state index in [1.807, 2.05) is 0 Å². The molecule has 1 aromatic carbocycles. The highest BCUT2D eigenvalue weighted by Gasteiger charge is 2.17. The predicted molar refractivity (Wildman–Crippen MR) is 76.7 cm³/mol. The zero-order chi connectivity index (χ0) is 13.7. The van der Waals surface area contributed by atoms with Gasteiger partial charge >= 0.3 is 0 Å². The summed E-state index contributed by atoms with van der Waals surface area (Å²) < 4.78 is 26.0. The summed E-state index contributed by atoms with van der Waals surface area (Å²) in [4.78, 5) is 4.42. The summed E-state index contributed by atoms with van der Waals surface area (Å²) in [6, 6.07) is 3.63. The molecule has 1 atom stereocenters. The van der Waals surface area contributed by atoms with Gasteiger partial charge in [0, 0.05) is 17.9 Å². The van der Waals surface area contributed by atoms with Crippen LogP contribution in [0.15, 0.2) is 23.2 Å². The maximum atomic E-state index is 13.0. The van der Waals surface area contributed by atoms with Gasteiger partial charge in [-0.3, -0.25) is 4.99 Å². The first-order valence-electron chi connectivity index (χ1n) is 6.57. The van der Waals surface area contributed by atoms with Crippen molar-refractivity contribution in [2.45, 2.75) is 31.4 Å². The van der Waals surface area contributed by atoms with Crippen LogP contribution in [0, 0.1) is 11.6 Å². The van der Waals surface area contributed by atoms with Crippen LogP contribution in [0.3, 0.4) is 0 Å². The highest BCUT2D eigenvalue weighted by atomic mass is 32.2. The van der Waals surface area contributed by atoms with Crippen LogP contribution in [0.25, 0.3) is 0 Å². The van der Waals surface area contributed by atoms with E-state index in [0.29, 0.717) is 23.8 Å². The second kappa shape index (κ2) is 6.89. The molecular formula is C14H18F2N2S. The first kappa shape index (κ1) is 14.3. The van der Waals surface area contributed by atoms with Crippen molar-refractivity contribution in [3.8, 4) is 0 Å². The Bertz CT molecular complexity index is 443. The van der Waals surface area contributed by atoms with Crippen LogP contribution in [0.4, 0.5) is 8.78 Å². The minimum Gasteiger partial charge on any atom is -0.365 e. The smallest absolute Gasteiger partial charge is 0.156 e. The van der Waals surface area contributed by atoms with E-state index in [9.17, 15) is 8.78 Å². The molecule has 2 rings (SSSR count). The van der Waals surface area contributed by atoms with Crippen molar-refractivity contribution in [1.82, 2.24) is 5.32 Å². The van der Waals surface area contributed by atoms with E-state index in [1.54, 1.807) is 11.8 Å². The van der Waals surface area contributed by atoms with E-state index in [4.69, 9.17) is 0 Å². The van der Waals surface area contributed by atoms with Gasteiger partial charge in [-0.2, -0.15) is 0 Å². The average molecular weight is 284 g/mol. The molecule has 1 aliphatic heterocycles. The van der Waals surface area contributed by atoms with Gasteiger partial charge in [0.1, 0.15) is 11.6 Å². The van der Waals surface area contributed by atoms with E-state index >= 15 is 0 Å². The number of hydrogen-bond acceptors (Lipinski definition) is 3. The van der Waals surface area contributed by atoms with E-state index in [1.165, 1.54) is 25.0 Å². The molecule has 2 nitrogen and oxygen atoms in total. The normalized spacial score (nSPS) is 18.5. The maximum Gasteiger partial charge on any atom is 0.156 e. The summed E-state index contributed by atoms with van der Waals surface area (Å²) in [6.45, 7) is 3.69. The molecule has 1 N–H and O–H groups in total. The third-order valence-corrected chi connectivity index (χ3v) is 4.15. The van der Waals surface area contributed by atoms with Gasteiger partial charge in [-0.25, -0.2) is 8.78 Å². The van der Waals surface area contributed by atoms with Crippen molar-refractivity contribution in [3.63, 3.8) is 0 Å². The summed E-state index contributed by atoms with van der Waals surface area (Å²) in [5.74, 6) is -1.05. The number of benzene rings is 1. The fourth-order valence-corrected chi connectivity index (χ4v) is 3.21. The van der Waals surface area contributed by atoms with E-state index in [-0.39, 0.29) is 0 Å². The molecule has 0 saturated carbocycles. The molecule has 1 aromatic rings. The number of aliphatic imine (C=N–C) groups is 1. The third kappa shape index (κ3) is 4.49. The Morgan fingerprint density at radius 1 is 1.32 bits per heavy atom. The third-order valence-electron chi connectivity index (χ3n) is 2.94. The van der Waals surface area contributed by atoms with Crippen LogP contribution in [0.2, 0.25) is 0 Å². The van der Waals surface area contributed by atoms with Crippen LogP contribution in [0.5, 0.6) is 0 Å². The predicted octanol–water partition coefficient (Wildman–Crippen LogP) is 3.37. The van der Waals surface area contributed by atoms with Crippen molar-refractivity contribution < 1.29 is 8.78 Å². The maximum absolute atomic E-state index is 13.0. The van der Waals surface area contributed by atoms with Gasteiger partial charge in [0.05, 0.1) is 6.54 Å². The fourth-order valence-electron chi connectivity index (χ4n) is 2.06. The zero-order valence-corrected chi connectivity index (χ0v) is 11.8. The lowest BCUT2D eigenvalue weighted by Crippen LogP contribution is -2.22. The van der Waals surface area contributed by atoms with Gasteiger partial charge in [-0.15, -0.1) is 0 Å². The zero-order valence-electron chi connectivity index (χ0n) is 11.0. The second-order valence-corrected chi connectivity index (χ2v) is 5.92. The monoisotopic (exact) mass is 284 g/mol. The van der Waals surface area contributed by atoms with Crippen LogP contribution < -0.4 is 5.32 Å². The van der Waals surface area contributed by atoms with Gasteiger partial charge in [0.25, 0.3) is 0 Å². The van der Waals surface area contributed by atoms with Gasteiger partial charge in [0.15, 0.2) is 5.17 Å². The van der Waals surface area contributed by atoms with Gasteiger partial charge in [0.2, 0.25) is 0 Å². The van der Waals surface area contributed by atoms with E-state index < -0.39 is 11.6 Å². The molecule has 0 aromatic heterocycles. The molecule has 1 heterocycles. The lowest BCUT2D eigenvalue weighted by Gasteiger charge is -2.08. The van der Waals surface area contributed by atoms with Crippen LogP contribution in [-0.2, 0) is 6.42 Å². The highest BCUT2D eigenvalue weighted by Crippen LogP contribution is 2.23. The lowest BCUT2D eigenvalue weighted by atomic mass is 10.1. The summed E-state index contributed by atoms with van der Waals surface area (Å²) in [5, 5.41) is 4.76. The number of amidine groups is 1. The Morgan fingerprint density at radius 2 is 2.05 bits per heavy atom. The standard InChI is InChI=1S/C14H18F2N2S/c1-2-3-13-9-18-14(19-13)17-5-4-10-6-11(15)8-12(16)7-10/h6-8,13H,2-5,9H2,1H3,(H,17,18). The Hall–Kier alpha value is -1.10. The van der Waals surface area contributed by atoms with Gasteiger partial charge < -0.3 is 5.32 Å². The van der Waals surface area contributed by atoms with Crippen molar-refractivity contribution in [3.05, 3.63) is 35.4 Å². The molecule has 1 aliphatic rings. The number of nitrogens with one attached hydrogen (secondary N) is 1. The molecule has 19 heavy (non-hydrogen) atoms. The van der Waals surface area contributed by atoms with Crippen LogP contribution >= 0.6 is 11.8 Å². The molecule has 0 bridgehead atoms. The van der Waals surface area contributed by atoms with E-state index in [0.717, 1.165) is 17.8 Å². The number of nitrogens with zero attached hydrogens (tertiary/aromatic N) is 1. The minimum atomic E-state index is -0.523. The Kier molecular flexibility index (Phi) is 5.19. The molecule has 0 aliphatic carbocycles. The molecule has 0 spiro atoms. The van der Waals surface area contributed by atoms with Crippen molar-refractivity contribution in [1.29, 1.82) is 0 Å². The van der Waals surface area contributed by atoms with Crippen molar-refractivity contribution in [2.75, 3.05) is 13.1 Å². The number of hydrogen-bond donors (Lipinski definition) is 1. The minimum absolute atomic E-state index is 0.523. The number of thioether (sulfide) groups is 1. The van der Waals surface area contributed by atoms with Crippen molar-refractivity contribution >= 4 is 16.9 Å². The summed E-state index contributed by atoms with van der Waals surface area (Å²) in [5.41, 5.74) is 0.665. The average Bonchev–Trinajstić information content (AvgIpc) is 2.76. The fraction of sp³-hybridized carbons (Fsp3) is 0.500. The molecular weight excluding hydrogens is 266 g/mol. The molecule has 0 saturated heterocycles. The molecule has 0 amide bonds. The Labute approximate surface area is 116 Å². The van der Waals surface area contributed by atoms with Gasteiger partial charge in [-0.05, 0) is 30.5 Å². The first-order valence-corrected chi connectivity index (χ1v) is 7.45. The van der Waals surface area contributed by atoms with Crippen LogP contribution in [-0.4, -0.2) is 23.5 Å². The molecule has 0 radical (unpaired) electrons. The summed E-state index contributed by atoms with van der Waals surface area (Å²) in [7, 11) is 0. The van der Waals surface area contributed by atoms with Crippen LogP contribution in [0.1, 0.15) is 25.3 Å². The Morgan fingerprint density at radius 3 is 2.74 bits per heavy atom. The molecule has 104 valence electrons.